The van der Waals surface area contributed by atoms with Gasteiger partial charge in [0.1, 0.15) is 0 Å². The lowest BCUT2D eigenvalue weighted by Gasteiger charge is -2.38. The van der Waals surface area contributed by atoms with Crippen molar-refractivity contribution < 1.29 is 9.47 Å². The molecular formula is C14H26O2. The number of hydrogen-bond donors (Lipinski definition) is 0. The van der Waals surface area contributed by atoms with Crippen molar-refractivity contribution in [3.8, 4) is 0 Å². The highest BCUT2D eigenvalue weighted by molar-refractivity contribution is 5.13. The second-order valence-corrected chi connectivity index (χ2v) is 6.23. The van der Waals surface area contributed by atoms with Crippen LogP contribution in [0.5, 0.6) is 0 Å². The molecular weight excluding hydrogens is 200 g/mol. The molecule has 2 saturated carbocycles. The van der Waals surface area contributed by atoms with Crippen LogP contribution in [0.25, 0.3) is 0 Å². The summed E-state index contributed by atoms with van der Waals surface area (Å²) in [5.74, 6) is 0.268. The highest BCUT2D eigenvalue weighted by atomic mass is 16.7. The Hall–Kier alpha value is -0.0800. The molecule has 2 nitrogen and oxygen atoms in total. The maximum atomic E-state index is 6.04. The smallest absolute Gasteiger partial charge is 0.172 e. The summed E-state index contributed by atoms with van der Waals surface area (Å²) < 4.78 is 12.1. The molecule has 2 fully saturated rings. The van der Waals surface area contributed by atoms with Crippen molar-refractivity contribution in [2.45, 2.75) is 59.7 Å². The summed E-state index contributed by atoms with van der Waals surface area (Å²) in [6.07, 6.45) is 3.65. The Bertz CT molecular complexity index is 263. The van der Waals surface area contributed by atoms with Crippen molar-refractivity contribution in [3.63, 3.8) is 0 Å². The van der Waals surface area contributed by atoms with Gasteiger partial charge < -0.3 is 9.47 Å². The van der Waals surface area contributed by atoms with E-state index in [2.05, 4.69) is 34.6 Å². The first-order valence-corrected chi connectivity index (χ1v) is 6.70. The zero-order valence-electron chi connectivity index (χ0n) is 11.4. The fraction of sp³-hybridized carbons (Fsp3) is 1.00. The van der Waals surface area contributed by atoms with Crippen molar-refractivity contribution in [2.24, 2.45) is 16.7 Å². The SMILES string of the molecule is CCOC1(OCC)C[C@]2(C)CC[C@@H]1C2(C)C. The van der Waals surface area contributed by atoms with Crippen LogP contribution in [-0.2, 0) is 9.47 Å². The van der Waals surface area contributed by atoms with Gasteiger partial charge >= 0.3 is 0 Å². The first-order valence-electron chi connectivity index (χ1n) is 6.70. The molecule has 2 bridgehead atoms. The van der Waals surface area contributed by atoms with Crippen molar-refractivity contribution in [1.82, 2.24) is 0 Å². The Balaban J connectivity index is 2.31. The van der Waals surface area contributed by atoms with Crippen molar-refractivity contribution >= 4 is 0 Å². The summed E-state index contributed by atoms with van der Waals surface area (Å²) in [7, 11) is 0. The van der Waals surface area contributed by atoms with E-state index in [9.17, 15) is 0 Å². The molecule has 0 aromatic heterocycles. The summed E-state index contributed by atoms with van der Waals surface area (Å²) >= 11 is 0. The van der Waals surface area contributed by atoms with Gasteiger partial charge in [-0.1, -0.05) is 20.8 Å². The largest absolute Gasteiger partial charge is 0.350 e. The average Bonchev–Trinajstić information content (AvgIpc) is 2.47. The average molecular weight is 226 g/mol. The topological polar surface area (TPSA) is 18.5 Å². The monoisotopic (exact) mass is 226 g/mol. The van der Waals surface area contributed by atoms with Gasteiger partial charge in [-0.05, 0) is 37.5 Å². The van der Waals surface area contributed by atoms with E-state index in [1.165, 1.54) is 12.8 Å². The summed E-state index contributed by atoms with van der Waals surface area (Å²) in [6.45, 7) is 12.8. The summed E-state index contributed by atoms with van der Waals surface area (Å²) in [4.78, 5) is 0. The lowest BCUT2D eigenvalue weighted by atomic mass is 9.71. The van der Waals surface area contributed by atoms with Crippen LogP contribution in [0.15, 0.2) is 0 Å². The maximum absolute atomic E-state index is 6.04. The Labute approximate surface area is 99.7 Å². The van der Waals surface area contributed by atoms with E-state index in [1.807, 2.05) is 0 Å². The van der Waals surface area contributed by atoms with Gasteiger partial charge in [0, 0.05) is 25.6 Å². The predicted molar refractivity (Wildman–Crippen MR) is 65.2 cm³/mol. The van der Waals surface area contributed by atoms with E-state index in [-0.39, 0.29) is 5.79 Å². The third-order valence-corrected chi connectivity index (χ3v) is 5.36. The lowest BCUT2D eigenvalue weighted by molar-refractivity contribution is -0.266. The molecule has 0 aromatic carbocycles. The zero-order valence-corrected chi connectivity index (χ0v) is 11.4. The molecule has 2 heteroatoms. The third kappa shape index (κ3) is 1.39. The minimum atomic E-state index is -0.292. The van der Waals surface area contributed by atoms with Gasteiger partial charge in [0.15, 0.2) is 5.79 Å². The first kappa shape index (κ1) is 12.4. The van der Waals surface area contributed by atoms with Crippen LogP contribution in [0.2, 0.25) is 0 Å². The van der Waals surface area contributed by atoms with Crippen LogP contribution >= 0.6 is 0 Å². The summed E-state index contributed by atoms with van der Waals surface area (Å²) in [5, 5.41) is 0. The van der Waals surface area contributed by atoms with Crippen LogP contribution in [0.4, 0.5) is 0 Å². The van der Waals surface area contributed by atoms with Crippen LogP contribution in [-0.4, -0.2) is 19.0 Å². The van der Waals surface area contributed by atoms with Crippen LogP contribution in [0, 0.1) is 16.7 Å². The predicted octanol–water partition coefficient (Wildman–Crippen LogP) is 3.60. The van der Waals surface area contributed by atoms with Crippen molar-refractivity contribution in [2.75, 3.05) is 13.2 Å². The number of rotatable bonds is 4. The molecule has 0 N–H and O–H groups in total. The molecule has 0 heterocycles. The lowest BCUT2D eigenvalue weighted by Crippen LogP contribution is -2.43. The molecule has 94 valence electrons. The summed E-state index contributed by atoms with van der Waals surface area (Å²) in [6, 6.07) is 0. The first-order chi connectivity index (χ1) is 7.42. The maximum Gasteiger partial charge on any atom is 0.172 e. The highest BCUT2D eigenvalue weighted by Gasteiger charge is 2.68. The minimum absolute atomic E-state index is 0.292. The second kappa shape index (κ2) is 3.71. The molecule has 0 radical (unpaired) electrons. The quantitative estimate of drug-likeness (QED) is 0.682. The molecule has 0 amide bonds. The molecule has 16 heavy (non-hydrogen) atoms. The molecule has 2 atom stereocenters. The molecule has 2 aliphatic rings. The van der Waals surface area contributed by atoms with Gasteiger partial charge in [0.2, 0.25) is 0 Å². The van der Waals surface area contributed by atoms with Crippen LogP contribution in [0.3, 0.4) is 0 Å². The fourth-order valence-corrected chi connectivity index (χ4v) is 4.15. The van der Waals surface area contributed by atoms with Crippen molar-refractivity contribution in [1.29, 1.82) is 0 Å². The summed E-state index contributed by atoms with van der Waals surface area (Å²) in [5.41, 5.74) is 0.735. The number of hydrogen-bond acceptors (Lipinski definition) is 2. The fourth-order valence-electron chi connectivity index (χ4n) is 4.15. The zero-order chi connectivity index (χ0) is 12.0. The van der Waals surface area contributed by atoms with Crippen LogP contribution < -0.4 is 0 Å². The highest BCUT2D eigenvalue weighted by Crippen LogP contribution is 2.70. The van der Waals surface area contributed by atoms with E-state index in [0.717, 1.165) is 19.6 Å². The Kier molecular flexibility index (Phi) is 2.87. The van der Waals surface area contributed by atoms with Crippen molar-refractivity contribution in [3.05, 3.63) is 0 Å². The van der Waals surface area contributed by atoms with E-state index in [1.54, 1.807) is 0 Å². The van der Waals surface area contributed by atoms with Gasteiger partial charge in [0.25, 0.3) is 0 Å². The second-order valence-electron chi connectivity index (χ2n) is 6.23. The molecule has 0 unspecified atom stereocenters. The molecule has 0 spiro atoms. The van der Waals surface area contributed by atoms with Gasteiger partial charge in [0.05, 0.1) is 0 Å². The van der Waals surface area contributed by atoms with Gasteiger partial charge in [-0.25, -0.2) is 0 Å². The van der Waals surface area contributed by atoms with Gasteiger partial charge in [-0.2, -0.15) is 0 Å². The molecule has 0 aliphatic heterocycles. The van der Waals surface area contributed by atoms with E-state index < -0.39 is 0 Å². The van der Waals surface area contributed by atoms with Gasteiger partial charge in [-0.15, -0.1) is 0 Å². The Morgan fingerprint density at radius 1 is 1.06 bits per heavy atom. The standard InChI is InChI=1S/C14H26O2/c1-6-15-14(16-7-2)10-13(5)9-8-11(14)12(13,3)4/h11H,6-10H2,1-5H3/t11-,13+/m1/s1. The van der Waals surface area contributed by atoms with Crippen LogP contribution in [0.1, 0.15) is 53.9 Å². The number of ether oxygens (including phenoxy) is 2. The molecule has 0 saturated heterocycles. The van der Waals surface area contributed by atoms with E-state index >= 15 is 0 Å². The Morgan fingerprint density at radius 3 is 1.94 bits per heavy atom. The van der Waals surface area contributed by atoms with E-state index in [0.29, 0.717) is 16.7 Å². The Morgan fingerprint density at radius 2 is 1.62 bits per heavy atom. The third-order valence-electron chi connectivity index (χ3n) is 5.36. The van der Waals surface area contributed by atoms with Gasteiger partial charge in [-0.3, -0.25) is 0 Å². The molecule has 0 aromatic rings. The minimum Gasteiger partial charge on any atom is -0.350 e. The van der Waals surface area contributed by atoms with E-state index in [4.69, 9.17) is 9.47 Å². The molecule has 2 rings (SSSR count). The normalized spacial score (nSPS) is 39.2. The molecule has 2 aliphatic carbocycles. The number of fused-ring (bicyclic) bond motifs is 2.